The van der Waals surface area contributed by atoms with Crippen LogP contribution in [0.1, 0.15) is 34.1 Å². The van der Waals surface area contributed by atoms with Gasteiger partial charge >= 0.3 is 0 Å². The number of likely N-dealkylation sites (N-methyl/N-ethyl adjacent to an activating group) is 1. The van der Waals surface area contributed by atoms with E-state index < -0.39 is 6.10 Å². The maximum absolute atomic E-state index is 13.4. The molecule has 1 aromatic heterocycles. The maximum atomic E-state index is 13.4. The van der Waals surface area contributed by atoms with Crippen molar-refractivity contribution >= 4 is 40.3 Å². The summed E-state index contributed by atoms with van der Waals surface area (Å²) in [6.45, 7) is 7.80. The molecular weight excluding hydrogens is 466 g/mol. The molecule has 8 nitrogen and oxygen atoms in total. The van der Waals surface area contributed by atoms with E-state index in [1.807, 2.05) is 39.0 Å². The lowest BCUT2D eigenvalue weighted by atomic mass is 10.0. The summed E-state index contributed by atoms with van der Waals surface area (Å²) in [5.74, 6) is 0.404. The number of benzene rings is 2. The van der Waals surface area contributed by atoms with Crippen LogP contribution in [0.4, 0.5) is 11.4 Å². The summed E-state index contributed by atoms with van der Waals surface area (Å²) in [7, 11) is 0. The number of hydrogen-bond acceptors (Lipinski definition) is 7. The summed E-state index contributed by atoms with van der Waals surface area (Å²) in [4.78, 5) is 47.5. The van der Waals surface area contributed by atoms with Crippen LogP contribution in [-0.4, -0.2) is 48.4 Å². The van der Waals surface area contributed by atoms with Gasteiger partial charge in [0.1, 0.15) is 11.5 Å². The Balaban J connectivity index is 1.49. The number of fused-ring (bicyclic) bond motifs is 2. The summed E-state index contributed by atoms with van der Waals surface area (Å²) in [5.41, 5.74) is 3.21. The zero-order chi connectivity index (χ0) is 24.9. The van der Waals surface area contributed by atoms with Gasteiger partial charge in [-0.25, -0.2) is 4.98 Å². The van der Waals surface area contributed by atoms with Crippen molar-refractivity contribution in [1.82, 2.24) is 4.98 Å². The lowest BCUT2D eigenvalue weighted by Gasteiger charge is -2.33. The molecule has 5 rings (SSSR count). The van der Waals surface area contributed by atoms with Gasteiger partial charge in [-0.3, -0.25) is 19.3 Å². The van der Waals surface area contributed by atoms with E-state index in [9.17, 15) is 14.4 Å². The fourth-order valence-corrected chi connectivity index (χ4v) is 5.31. The molecule has 3 aromatic rings. The van der Waals surface area contributed by atoms with Gasteiger partial charge in [0.05, 0.1) is 28.6 Å². The van der Waals surface area contributed by atoms with Crippen LogP contribution in [-0.2, 0) is 9.59 Å². The number of carbonyl (C=O) groups is 3. The average Bonchev–Trinajstić information content (AvgIpc) is 3.19. The highest BCUT2D eigenvalue weighted by Crippen LogP contribution is 2.39. The molecule has 0 saturated heterocycles. The molecule has 35 heavy (non-hydrogen) atoms. The van der Waals surface area contributed by atoms with Crippen molar-refractivity contribution in [2.24, 2.45) is 0 Å². The predicted octanol–water partition coefficient (Wildman–Crippen LogP) is 4.17. The first kappa shape index (κ1) is 23.0. The first-order valence-electron chi connectivity index (χ1n) is 11.4. The van der Waals surface area contributed by atoms with Gasteiger partial charge in [0.15, 0.2) is 18.5 Å². The lowest BCUT2D eigenvalue weighted by molar-refractivity contribution is -0.125. The molecule has 180 valence electrons. The Bertz CT molecular complexity index is 1370. The Kier molecular flexibility index (Phi) is 5.80. The summed E-state index contributed by atoms with van der Waals surface area (Å²) in [6, 6.07) is 10.6. The standard InChI is InChI=1S/C26H25N3O5S/c1-5-28-19-10-17(6-8-22(19)33-13-24(28)31)21(30)12-29-20-11-18(25-15(3)35-16(4)27-25)7-9-23(20)34-14(2)26(29)32/h6-11,14H,5,12-13H2,1-4H3. The molecule has 9 heteroatoms. The van der Waals surface area contributed by atoms with E-state index in [1.54, 1.807) is 41.4 Å². The van der Waals surface area contributed by atoms with E-state index in [4.69, 9.17) is 9.47 Å². The number of thiazole rings is 1. The molecule has 0 radical (unpaired) electrons. The molecule has 2 aliphatic heterocycles. The van der Waals surface area contributed by atoms with Crippen LogP contribution in [0.5, 0.6) is 11.5 Å². The number of nitrogens with zero attached hydrogens (tertiary/aromatic N) is 3. The number of Topliss-reactive ketones (excluding diaryl/α,β-unsaturated/α-hetero) is 1. The van der Waals surface area contributed by atoms with Gasteiger partial charge in [0.25, 0.3) is 11.8 Å². The summed E-state index contributed by atoms with van der Waals surface area (Å²) < 4.78 is 11.3. The quantitative estimate of drug-likeness (QED) is 0.498. The first-order chi connectivity index (χ1) is 16.8. The van der Waals surface area contributed by atoms with Gasteiger partial charge < -0.3 is 14.4 Å². The number of amides is 2. The van der Waals surface area contributed by atoms with Gasteiger partial charge in [-0.2, -0.15) is 0 Å². The van der Waals surface area contributed by atoms with E-state index in [-0.39, 0.29) is 30.7 Å². The molecule has 2 aromatic carbocycles. The Morgan fingerprint density at radius 2 is 1.83 bits per heavy atom. The molecule has 1 atom stereocenters. The average molecular weight is 492 g/mol. The smallest absolute Gasteiger partial charge is 0.268 e. The normalized spacial score (nSPS) is 17.0. The highest BCUT2D eigenvalue weighted by atomic mass is 32.1. The second-order valence-electron chi connectivity index (χ2n) is 8.54. The minimum Gasteiger partial charge on any atom is -0.482 e. The predicted molar refractivity (Wildman–Crippen MR) is 134 cm³/mol. The number of anilines is 2. The Hall–Kier alpha value is -3.72. The molecule has 0 spiro atoms. The SMILES string of the molecule is CCN1C(=O)COc2ccc(C(=O)CN3C(=O)C(C)Oc4ccc(-c5nc(C)sc5C)cc43)cc21. The Labute approximate surface area is 207 Å². The molecule has 0 bridgehead atoms. The van der Waals surface area contributed by atoms with Crippen LogP contribution in [0.25, 0.3) is 11.3 Å². The van der Waals surface area contributed by atoms with Gasteiger partial charge in [-0.15, -0.1) is 11.3 Å². The van der Waals surface area contributed by atoms with E-state index in [2.05, 4.69) is 4.98 Å². The van der Waals surface area contributed by atoms with Crippen LogP contribution in [0.2, 0.25) is 0 Å². The minimum absolute atomic E-state index is 0.0224. The number of hydrogen-bond donors (Lipinski definition) is 0. The van der Waals surface area contributed by atoms with Crippen LogP contribution in [0.15, 0.2) is 36.4 Å². The van der Waals surface area contributed by atoms with Crippen molar-refractivity contribution in [2.75, 3.05) is 29.5 Å². The fraction of sp³-hybridized carbons (Fsp3) is 0.308. The molecule has 0 saturated carbocycles. The Morgan fingerprint density at radius 3 is 2.54 bits per heavy atom. The van der Waals surface area contributed by atoms with Gasteiger partial charge in [-0.05, 0) is 64.1 Å². The molecule has 2 aliphatic rings. The fourth-order valence-electron chi connectivity index (χ4n) is 4.47. The zero-order valence-electron chi connectivity index (χ0n) is 20.0. The van der Waals surface area contributed by atoms with Crippen LogP contribution in [0, 0.1) is 13.8 Å². The number of aryl methyl sites for hydroxylation is 2. The molecular formula is C26H25N3O5S. The van der Waals surface area contributed by atoms with Gasteiger partial charge in [0.2, 0.25) is 0 Å². The van der Waals surface area contributed by atoms with E-state index in [1.165, 1.54) is 4.90 Å². The molecule has 0 fully saturated rings. The second-order valence-corrected chi connectivity index (χ2v) is 9.94. The molecule has 0 N–H and O–H groups in total. The second kappa shape index (κ2) is 8.81. The van der Waals surface area contributed by atoms with Crippen LogP contribution >= 0.6 is 11.3 Å². The molecule has 0 aliphatic carbocycles. The number of ketones is 1. The number of ether oxygens (including phenoxy) is 2. The molecule has 2 amide bonds. The first-order valence-corrected chi connectivity index (χ1v) is 12.3. The lowest BCUT2D eigenvalue weighted by Crippen LogP contribution is -2.46. The van der Waals surface area contributed by atoms with Crippen molar-refractivity contribution < 1.29 is 23.9 Å². The van der Waals surface area contributed by atoms with Crippen molar-refractivity contribution in [3.63, 3.8) is 0 Å². The molecule has 1 unspecified atom stereocenters. The van der Waals surface area contributed by atoms with Crippen molar-refractivity contribution in [1.29, 1.82) is 0 Å². The number of aromatic nitrogens is 1. The third-order valence-electron chi connectivity index (χ3n) is 6.19. The third-order valence-corrected chi connectivity index (χ3v) is 7.07. The summed E-state index contributed by atoms with van der Waals surface area (Å²) >= 11 is 1.61. The van der Waals surface area contributed by atoms with E-state index >= 15 is 0 Å². The van der Waals surface area contributed by atoms with E-state index in [0.29, 0.717) is 35.0 Å². The van der Waals surface area contributed by atoms with Crippen LogP contribution in [0.3, 0.4) is 0 Å². The number of carbonyl (C=O) groups excluding carboxylic acids is 3. The summed E-state index contributed by atoms with van der Waals surface area (Å²) in [5, 5.41) is 0.958. The highest BCUT2D eigenvalue weighted by Gasteiger charge is 2.34. The van der Waals surface area contributed by atoms with Gasteiger partial charge in [-0.1, -0.05) is 0 Å². The maximum Gasteiger partial charge on any atom is 0.268 e. The van der Waals surface area contributed by atoms with Gasteiger partial charge in [0, 0.05) is 22.5 Å². The molecule has 3 heterocycles. The van der Waals surface area contributed by atoms with Crippen LogP contribution < -0.4 is 19.3 Å². The van der Waals surface area contributed by atoms with E-state index in [0.717, 1.165) is 21.1 Å². The topological polar surface area (TPSA) is 89.0 Å². The van der Waals surface area contributed by atoms with Crippen molar-refractivity contribution in [2.45, 2.75) is 33.8 Å². The largest absolute Gasteiger partial charge is 0.482 e. The highest BCUT2D eigenvalue weighted by molar-refractivity contribution is 7.11. The summed E-state index contributed by atoms with van der Waals surface area (Å²) in [6.07, 6.45) is -0.713. The Morgan fingerprint density at radius 1 is 1.09 bits per heavy atom. The number of rotatable bonds is 5. The zero-order valence-corrected chi connectivity index (χ0v) is 20.8. The minimum atomic E-state index is -0.713. The monoisotopic (exact) mass is 491 g/mol. The van der Waals surface area contributed by atoms with Crippen molar-refractivity contribution in [3.05, 3.63) is 51.8 Å². The third kappa shape index (κ3) is 4.05. The van der Waals surface area contributed by atoms with Crippen molar-refractivity contribution in [3.8, 4) is 22.8 Å².